The lowest BCUT2D eigenvalue weighted by Gasteiger charge is -2.11. The van der Waals surface area contributed by atoms with Gasteiger partial charge in [-0.3, -0.25) is 0 Å². The normalized spacial score (nSPS) is 13.8. The fourth-order valence-corrected chi connectivity index (χ4v) is 2.35. The van der Waals surface area contributed by atoms with Crippen molar-refractivity contribution in [3.05, 3.63) is 29.8 Å². The van der Waals surface area contributed by atoms with Gasteiger partial charge in [0.05, 0.1) is 4.90 Å². The van der Waals surface area contributed by atoms with Gasteiger partial charge in [-0.25, -0.2) is 13.1 Å². The molecule has 1 atom stereocenters. The van der Waals surface area contributed by atoms with Gasteiger partial charge in [0.25, 0.3) is 0 Å². The maximum absolute atomic E-state index is 11.7. The quantitative estimate of drug-likeness (QED) is 0.793. The van der Waals surface area contributed by atoms with Crippen molar-refractivity contribution >= 4 is 10.0 Å². The molecule has 3 N–H and O–H groups in total. The molecule has 0 aliphatic carbocycles. The van der Waals surface area contributed by atoms with Gasteiger partial charge in [0.2, 0.25) is 10.0 Å². The lowest BCUT2D eigenvalue weighted by atomic mass is 10.2. The molecule has 0 radical (unpaired) electrons. The first-order valence-electron chi connectivity index (χ1n) is 4.75. The van der Waals surface area contributed by atoms with Crippen molar-refractivity contribution in [3.63, 3.8) is 0 Å². The summed E-state index contributed by atoms with van der Waals surface area (Å²) in [6.45, 7) is 3.92. The molecule has 0 aromatic heterocycles. The second kappa shape index (κ2) is 4.74. The van der Waals surface area contributed by atoms with Gasteiger partial charge in [-0.1, -0.05) is 17.7 Å². The van der Waals surface area contributed by atoms with Crippen molar-refractivity contribution in [2.45, 2.75) is 24.8 Å². The van der Waals surface area contributed by atoms with E-state index >= 15 is 0 Å². The van der Waals surface area contributed by atoms with E-state index < -0.39 is 10.0 Å². The van der Waals surface area contributed by atoms with Crippen LogP contribution in [-0.2, 0) is 10.0 Å². The van der Waals surface area contributed by atoms with Crippen molar-refractivity contribution in [1.29, 1.82) is 0 Å². The average Bonchev–Trinajstić information content (AvgIpc) is 2.17. The summed E-state index contributed by atoms with van der Waals surface area (Å²) in [4.78, 5) is 0.272. The molecule has 0 amide bonds. The number of rotatable bonds is 4. The zero-order valence-corrected chi connectivity index (χ0v) is 9.71. The van der Waals surface area contributed by atoms with Crippen LogP contribution in [0.5, 0.6) is 0 Å². The van der Waals surface area contributed by atoms with Crippen LogP contribution in [0.15, 0.2) is 29.2 Å². The van der Waals surface area contributed by atoms with Crippen LogP contribution in [0.4, 0.5) is 0 Å². The highest BCUT2D eigenvalue weighted by Crippen LogP contribution is 2.10. The molecule has 1 aromatic carbocycles. The number of aryl methyl sites for hydroxylation is 1. The number of sulfonamides is 1. The van der Waals surface area contributed by atoms with Crippen LogP contribution in [0, 0.1) is 6.92 Å². The fraction of sp³-hybridized carbons (Fsp3) is 0.400. The third kappa shape index (κ3) is 3.30. The van der Waals surface area contributed by atoms with E-state index in [0.29, 0.717) is 0 Å². The minimum atomic E-state index is -3.42. The number of benzene rings is 1. The molecule has 0 aliphatic rings. The molecule has 1 aromatic rings. The number of nitrogens with two attached hydrogens (primary N) is 1. The van der Waals surface area contributed by atoms with Crippen LogP contribution >= 0.6 is 0 Å². The Labute approximate surface area is 90.5 Å². The molecule has 0 fully saturated rings. The van der Waals surface area contributed by atoms with Crippen LogP contribution in [0.25, 0.3) is 0 Å². The first-order chi connectivity index (χ1) is 6.95. The minimum absolute atomic E-state index is 0.253. The van der Waals surface area contributed by atoms with Crippen molar-refractivity contribution in [3.8, 4) is 0 Å². The number of hydrogen-bond donors (Lipinski definition) is 2. The zero-order valence-electron chi connectivity index (χ0n) is 8.90. The van der Waals surface area contributed by atoms with Crippen molar-refractivity contribution in [2.75, 3.05) is 6.54 Å². The Morgan fingerprint density at radius 3 is 2.33 bits per heavy atom. The monoisotopic (exact) mass is 228 g/mol. The van der Waals surface area contributed by atoms with E-state index in [1.165, 1.54) is 0 Å². The van der Waals surface area contributed by atoms with E-state index in [9.17, 15) is 8.42 Å². The maximum atomic E-state index is 11.7. The van der Waals surface area contributed by atoms with Crippen LogP contribution in [0.2, 0.25) is 0 Å². The van der Waals surface area contributed by atoms with Gasteiger partial charge >= 0.3 is 0 Å². The SMILES string of the molecule is Cc1ccc(S(=O)(=O)NC(C)CN)cc1. The molecule has 0 saturated heterocycles. The van der Waals surface area contributed by atoms with Gasteiger partial charge in [0.15, 0.2) is 0 Å². The summed E-state index contributed by atoms with van der Waals surface area (Å²) < 4.78 is 26.0. The zero-order chi connectivity index (χ0) is 11.5. The fourth-order valence-electron chi connectivity index (χ4n) is 1.10. The Balaban J connectivity index is 2.91. The molecule has 0 bridgehead atoms. The van der Waals surface area contributed by atoms with Crippen LogP contribution in [-0.4, -0.2) is 21.0 Å². The Morgan fingerprint density at radius 2 is 1.87 bits per heavy atom. The third-order valence-electron chi connectivity index (χ3n) is 2.04. The van der Waals surface area contributed by atoms with Gasteiger partial charge in [-0.05, 0) is 26.0 Å². The maximum Gasteiger partial charge on any atom is 0.240 e. The van der Waals surface area contributed by atoms with E-state index in [2.05, 4.69) is 4.72 Å². The van der Waals surface area contributed by atoms with Crippen LogP contribution < -0.4 is 10.5 Å². The summed E-state index contributed by atoms with van der Waals surface area (Å²) in [7, 11) is -3.42. The standard InChI is InChI=1S/C10H16N2O2S/c1-8-3-5-10(6-4-8)15(13,14)12-9(2)7-11/h3-6,9,12H,7,11H2,1-2H3. The molecule has 0 saturated carbocycles. The topological polar surface area (TPSA) is 72.2 Å². The molecule has 0 spiro atoms. The molecule has 5 heteroatoms. The first kappa shape index (κ1) is 12.2. The van der Waals surface area contributed by atoms with Gasteiger partial charge in [-0.15, -0.1) is 0 Å². The smallest absolute Gasteiger partial charge is 0.240 e. The van der Waals surface area contributed by atoms with Gasteiger partial charge < -0.3 is 5.73 Å². The highest BCUT2D eigenvalue weighted by Gasteiger charge is 2.15. The van der Waals surface area contributed by atoms with E-state index in [0.717, 1.165) is 5.56 Å². The van der Waals surface area contributed by atoms with Crippen LogP contribution in [0.1, 0.15) is 12.5 Å². The van der Waals surface area contributed by atoms with Gasteiger partial charge in [0.1, 0.15) is 0 Å². The average molecular weight is 228 g/mol. The summed E-state index contributed by atoms with van der Waals surface area (Å²) in [5.74, 6) is 0. The summed E-state index contributed by atoms with van der Waals surface area (Å²) in [6, 6.07) is 6.45. The van der Waals surface area contributed by atoms with Gasteiger partial charge in [-0.2, -0.15) is 0 Å². The van der Waals surface area contributed by atoms with Gasteiger partial charge in [0, 0.05) is 12.6 Å². The summed E-state index contributed by atoms with van der Waals surface area (Å²) in [5, 5.41) is 0. The van der Waals surface area contributed by atoms with Crippen molar-refractivity contribution < 1.29 is 8.42 Å². The third-order valence-corrected chi connectivity index (χ3v) is 3.65. The summed E-state index contributed by atoms with van der Waals surface area (Å²) in [6.07, 6.45) is 0. The highest BCUT2D eigenvalue weighted by molar-refractivity contribution is 7.89. The lowest BCUT2D eigenvalue weighted by Crippen LogP contribution is -2.37. The van der Waals surface area contributed by atoms with E-state index in [-0.39, 0.29) is 17.5 Å². The predicted molar refractivity (Wildman–Crippen MR) is 60.0 cm³/mol. The second-order valence-electron chi connectivity index (χ2n) is 3.57. The number of hydrogen-bond acceptors (Lipinski definition) is 3. The van der Waals surface area contributed by atoms with Crippen molar-refractivity contribution in [2.24, 2.45) is 5.73 Å². The molecule has 15 heavy (non-hydrogen) atoms. The predicted octanol–water partition coefficient (Wildman–Crippen LogP) is 0.621. The molecular weight excluding hydrogens is 212 g/mol. The largest absolute Gasteiger partial charge is 0.329 e. The second-order valence-corrected chi connectivity index (χ2v) is 5.29. The summed E-state index contributed by atoms with van der Waals surface area (Å²) in [5.41, 5.74) is 6.38. The summed E-state index contributed by atoms with van der Waals surface area (Å²) >= 11 is 0. The Hall–Kier alpha value is -0.910. The van der Waals surface area contributed by atoms with Crippen molar-refractivity contribution in [1.82, 2.24) is 4.72 Å². The first-order valence-corrected chi connectivity index (χ1v) is 6.23. The van der Waals surface area contributed by atoms with Crippen LogP contribution in [0.3, 0.4) is 0 Å². The highest BCUT2D eigenvalue weighted by atomic mass is 32.2. The minimum Gasteiger partial charge on any atom is -0.329 e. The lowest BCUT2D eigenvalue weighted by molar-refractivity contribution is 0.562. The molecule has 1 unspecified atom stereocenters. The Morgan fingerprint density at radius 1 is 1.33 bits per heavy atom. The number of nitrogens with one attached hydrogen (secondary N) is 1. The Bertz CT molecular complexity index is 412. The molecule has 0 heterocycles. The molecular formula is C10H16N2O2S. The Kier molecular flexibility index (Phi) is 3.84. The van der Waals surface area contributed by atoms with E-state index in [4.69, 9.17) is 5.73 Å². The molecule has 1 rings (SSSR count). The molecule has 0 aliphatic heterocycles. The molecule has 4 nitrogen and oxygen atoms in total. The van der Waals surface area contributed by atoms with E-state index in [1.807, 2.05) is 6.92 Å². The molecule has 84 valence electrons. The van der Waals surface area contributed by atoms with E-state index in [1.54, 1.807) is 31.2 Å².